The summed E-state index contributed by atoms with van der Waals surface area (Å²) in [6.07, 6.45) is 0. The highest BCUT2D eigenvalue weighted by Crippen LogP contribution is 2.33. The van der Waals surface area contributed by atoms with Gasteiger partial charge in [0.2, 0.25) is 0 Å². The van der Waals surface area contributed by atoms with Gasteiger partial charge in [0.1, 0.15) is 5.75 Å². The number of carbonyl (C=O) groups is 1. The Hall–Kier alpha value is -2.91. The lowest BCUT2D eigenvalue weighted by molar-refractivity contribution is -0.116. The second kappa shape index (κ2) is 5.23. The average molecular weight is 279 g/mol. The van der Waals surface area contributed by atoms with E-state index in [1.807, 2.05) is 30.3 Å². The fourth-order valence-corrected chi connectivity index (χ4v) is 2.43. The summed E-state index contributed by atoms with van der Waals surface area (Å²) in [5.74, 6) is 0.336. The lowest BCUT2D eigenvalue weighted by atomic mass is 10.1. The van der Waals surface area contributed by atoms with E-state index >= 15 is 0 Å². The number of amides is 1. The molecule has 2 aromatic rings. The molecule has 1 heterocycles. The van der Waals surface area contributed by atoms with E-state index in [9.17, 15) is 4.79 Å². The first-order valence-electron chi connectivity index (χ1n) is 6.51. The first kappa shape index (κ1) is 13.1. The summed E-state index contributed by atoms with van der Waals surface area (Å²) in [5.41, 5.74) is 11.5. The summed E-state index contributed by atoms with van der Waals surface area (Å²) in [4.78, 5) is 17.1. The van der Waals surface area contributed by atoms with E-state index in [1.165, 1.54) is 0 Å². The minimum Gasteiger partial charge on any atom is -0.497 e. The molecule has 0 bridgehead atoms. The second-order valence-electron chi connectivity index (χ2n) is 4.71. The van der Waals surface area contributed by atoms with E-state index in [4.69, 9.17) is 10.3 Å². The normalized spacial score (nSPS) is 13.1. The Bertz CT molecular complexity index is 749. The number of hydrogen-bond donors (Lipinski definition) is 0. The molecule has 0 unspecified atom stereocenters. The minimum atomic E-state index is -0.315. The molecule has 1 aliphatic heterocycles. The molecule has 21 heavy (non-hydrogen) atoms. The number of ether oxygens (including phenoxy) is 1. The van der Waals surface area contributed by atoms with Gasteiger partial charge in [-0.15, -0.1) is 0 Å². The van der Waals surface area contributed by atoms with Crippen LogP contribution in [-0.2, 0) is 11.3 Å². The van der Waals surface area contributed by atoms with Crippen molar-refractivity contribution >= 4 is 17.3 Å². The molecule has 0 saturated carbocycles. The number of hydrogen-bond acceptors (Lipinski definition) is 2. The van der Waals surface area contributed by atoms with E-state index in [1.54, 1.807) is 30.2 Å². The number of fused-ring (bicyclic) bond motifs is 1. The molecule has 2 aromatic carbocycles. The summed E-state index contributed by atoms with van der Waals surface area (Å²) in [6, 6.07) is 14.9. The van der Waals surface area contributed by atoms with Gasteiger partial charge in [0.25, 0.3) is 0 Å². The minimum absolute atomic E-state index is 0.0589. The van der Waals surface area contributed by atoms with Crippen molar-refractivity contribution in [3.63, 3.8) is 0 Å². The molecule has 0 atom stereocenters. The van der Waals surface area contributed by atoms with Crippen LogP contribution in [0.2, 0.25) is 0 Å². The van der Waals surface area contributed by atoms with Crippen LogP contribution in [0, 0.1) is 0 Å². The maximum Gasteiger partial charge on any atom is 0.389 e. The molecular formula is C16H13N3O2. The Kier molecular flexibility index (Phi) is 3.26. The molecule has 1 amide bonds. The third-order valence-corrected chi connectivity index (χ3v) is 3.48. The molecule has 0 radical (unpaired) electrons. The number of anilines is 1. The molecule has 5 nitrogen and oxygen atoms in total. The second-order valence-corrected chi connectivity index (χ2v) is 4.71. The van der Waals surface area contributed by atoms with E-state index in [0.717, 1.165) is 5.56 Å². The van der Waals surface area contributed by atoms with Crippen molar-refractivity contribution < 1.29 is 14.3 Å². The number of rotatable bonds is 3. The van der Waals surface area contributed by atoms with Crippen molar-refractivity contribution in [2.45, 2.75) is 6.54 Å². The zero-order chi connectivity index (χ0) is 14.8. The number of benzene rings is 2. The van der Waals surface area contributed by atoms with Crippen LogP contribution < -0.4 is 9.64 Å². The topological polar surface area (TPSA) is 65.9 Å². The van der Waals surface area contributed by atoms with E-state index < -0.39 is 0 Å². The maximum atomic E-state index is 12.4. The van der Waals surface area contributed by atoms with Gasteiger partial charge in [-0.3, -0.25) is 9.69 Å². The van der Waals surface area contributed by atoms with Gasteiger partial charge in [0.15, 0.2) is 0 Å². The molecule has 0 spiro atoms. The molecule has 0 fully saturated rings. The zero-order valence-corrected chi connectivity index (χ0v) is 11.5. The van der Waals surface area contributed by atoms with Crippen molar-refractivity contribution in [3.8, 4) is 5.75 Å². The van der Waals surface area contributed by atoms with Crippen molar-refractivity contribution in [2.75, 3.05) is 12.0 Å². The van der Waals surface area contributed by atoms with Crippen LogP contribution in [0.25, 0.3) is 5.53 Å². The Morgan fingerprint density at radius 1 is 1.19 bits per heavy atom. The fraction of sp³-hybridized carbons (Fsp3) is 0.125. The van der Waals surface area contributed by atoms with Gasteiger partial charge in [-0.25, -0.2) is 0 Å². The lowest BCUT2D eigenvalue weighted by Gasteiger charge is -2.16. The monoisotopic (exact) mass is 279 g/mol. The predicted octanol–water partition coefficient (Wildman–Crippen LogP) is 2.26. The highest BCUT2D eigenvalue weighted by atomic mass is 16.5. The van der Waals surface area contributed by atoms with Crippen LogP contribution in [0.5, 0.6) is 5.75 Å². The third kappa shape index (κ3) is 2.20. The molecule has 0 N–H and O–H groups in total. The Balaban J connectivity index is 2.06. The quantitative estimate of drug-likeness (QED) is 0.639. The first-order valence-corrected chi connectivity index (χ1v) is 6.51. The number of methoxy groups -OCH3 is 1. The summed E-state index contributed by atoms with van der Waals surface area (Å²) in [6.45, 7) is 0.416. The summed E-state index contributed by atoms with van der Waals surface area (Å²) >= 11 is 0. The van der Waals surface area contributed by atoms with Crippen LogP contribution in [-0.4, -0.2) is 23.5 Å². The SMILES string of the molecule is COc1ccc2c(c1)N(Cc1ccccc1)C(=O)C2=[N+]=[N-]. The molecule has 3 rings (SSSR count). The van der Waals surface area contributed by atoms with Crippen LogP contribution in [0.15, 0.2) is 48.5 Å². The van der Waals surface area contributed by atoms with E-state index in [2.05, 4.69) is 4.79 Å². The molecule has 0 aliphatic carbocycles. The van der Waals surface area contributed by atoms with Gasteiger partial charge in [-0.1, -0.05) is 30.3 Å². The van der Waals surface area contributed by atoms with E-state index in [0.29, 0.717) is 23.5 Å². The molecule has 1 aliphatic rings. The number of carbonyl (C=O) groups excluding carboxylic acids is 1. The highest BCUT2D eigenvalue weighted by molar-refractivity contribution is 6.52. The first-order chi connectivity index (χ1) is 10.2. The van der Waals surface area contributed by atoms with Crippen LogP contribution in [0.3, 0.4) is 0 Å². The molecule has 0 saturated heterocycles. The van der Waals surface area contributed by atoms with Crippen LogP contribution in [0.4, 0.5) is 5.69 Å². The molecule has 104 valence electrons. The van der Waals surface area contributed by atoms with Crippen molar-refractivity contribution in [3.05, 3.63) is 65.2 Å². The van der Waals surface area contributed by atoms with Crippen LogP contribution >= 0.6 is 0 Å². The zero-order valence-electron chi connectivity index (χ0n) is 11.5. The van der Waals surface area contributed by atoms with Gasteiger partial charge in [-0.05, 0) is 17.7 Å². The van der Waals surface area contributed by atoms with Crippen molar-refractivity contribution in [1.82, 2.24) is 0 Å². The Morgan fingerprint density at radius 2 is 1.95 bits per heavy atom. The Labute approximate surface area is 122 Å². The largest absolute Gasteiger partial charge is 0.497 e. The van der Waals surface area contributed by atoms with Gasteiger partial charge < -0.3 is 10.3 Å². The van der Waals surface area contributed by atoms with Crippen molar-refractivity contribution in [1.29, 1.82) is 0 Å². The molecule has 5 heteroatoms. The number of nitrogens with zero attached hydrogens (tertiary/aromatic N) is 3. The van der Waals surface area contributed by atoms with E-state index in [-0.39, 0.29) is 11.6 Å². The summed E-state index contributed by atoms with van der Waals surface area (Å²) < 4.78 is 5.20. The van der Waals surface area contributed by atoms with Gasteiger partial charge in [-0.2, -0.15) is 4.79 Å². The van der Waals surface area contributed by atoms with Gasteiger partial charge in [0.05, 0.1) is 24.9 Å². The lowest BCUT2D eigenvalue weighted by Crippen LogP contribution is -2.29. The molecular weight excluding hydrogens is 266 g/mol. The summed E-state index contributed by atoms with van der Waals surface area (Å²) in [7, 11) is 1.57. The smallest absolute Gasteiger partial charge is 0.389 e. The van der Waals surface area contributed by atoms with Gasteiger partial charge in [0, 0.05) is 6.07 Å². The predicted molar refractivity (Wildman–Crippen MR) is 78.4 cm³/mol. The Morgan fingerprint density at radius 3 is 2.62 bits per heavy atom. The summed E-state index contributed by atoms with van der Waals surface area (Å²) in [5, 5.41) is 0. The molecule has 0 aromatic heterocycles. The van der Waals surface area contributed by atoms with Crippen molar-refractivity contribution in [2.24, 2.45) is 0 Å². The fourth-order valence-electron chi connectivity index (χ4n) is 2.43. The average Bonchev–Trinajstić information content (AvgIpc) is 2.79. The highest BCUT2D eigenvalue weighted by Gasteiger charge is 2.40. The maximum absolute atomic E-state index is 12.4. The standard InChI is InChI=1S/C16H13N3O2/c1-21-12-7-8-13-14(9-12)19(16(20)15(13)18-17)10-11-5-3-2-4-6-11/h2-9H,10H2,1H3. The van der Waals surface area contributed by atoms with Crippen LogP contribution in [0.1, 0.15) is 11.1 Å². The van der Waals surface area contributed by atoms with Gasteiger partial charge >= 0.3 is 11.6 Å². The third-order valence-electron chi connectivity index (χ3n) is 3.48.